The van der Waals surface area contributed by atoms with Gasteiger partial charge in [-0.2, -0.15) is 0 Å². The molecule has 0 N–H and O–H groups in total. The highest BCUT2D eigenvalue weighted by molar-refractivity contribution is 5.78. The Morgan fingerprint density at radius 2 is 1.80 bits per heavy atom. The number of esters is 1. The number of benzene rings is 1. The fourth-order valence-electron chi connectivity index (χ4n) is 1.61. The minimum absolute atomic E-state index is 0.0981. The van der Waals surface area contributed by atoms with Crippen molar-refractivity contribution in [3.8, 4) is 0 Å². The topological polar surface area (TPSA) is 55.8 Å². The SMILES string of the molecule is CCOC(=O)CN(C(=O)OCc1ccccc1)C(C)C. The molecule has 0 spiro atoms. The maximum Gasteiger partial charge on any atom is 0.410 e. The van der Waals surface area contributed by atoms with Gasteiger partial charge in [-0.1, -0.05) is 30.3 Å². The average molecular weight is 279 g/mol. The van der Waals surface area contributed by atoms with Crippen molar-refractivity contribution in [1.82, 2.24) is 4.90 Å². The van der Waals surface area contributed by atoms with Crippen LogP contribution in [0.25, 0.3) is 0 Å². The number of ether oxygens (including phenoxy) is 2. The lowest BCUT2D eigenvalue weighted by molar-refractivity contribution is -0.144. The molecule has 0 saturated carbocycles. The monoisotopic (exact) mass is 279 g/mol. The number of amides is 1. The Hall–Kier alpha value is -2.04. The van der Waals surface area contributed by atoms with Gasteiger partial charge in [-0.25, -0.2) is 4.79 Å². The molecule has 20 heavy (non-hydrogen) atoms. The second-order valence-corrected chi connectivity index (χ2v) is 4.57. The van der Waals surface area contributed by atoms with E-state index >= 15 is 0 Å². The summed E-state index contributed by atoms with van der Waals surface area (Å²) in [4.78, 5) is 24.8. The molecule has 1 aromatic rings. The molecule has 0 bridgehead atoms. The van der Waals surface area contributed by atoms with Gasteiger partial charge in [0.1, 0.15) is 13.2 Å². The molecule has 0 atom stereocenters. The summed E-state index contributed by atoms with van der Waals surface area (Å²) in [6.07, 6.45) is -0.517. The number of carbonyl (C=O) groups is 2. The number of hydrogen-bond donors (Lipinski definition) is 0. The van der Waals surface area contributed by atoms with Crippen molar-refractivity contribution in [2.24, 2.45) is 0 Å². The van der Waals surface area contributed by atoms with Crippen LogP contribution in [0.5, 0.6) is 0 Å². The van der Waals surface area contributed by atoms with Gasteiger partial charge in [0.2, 0.25) is 0 Å². The zero-order valence-electron chi connectivity index (χ0n) is 12.2. The number of hydrogen-bond acceptors (Lipinski definition) is 4. The molecule has 0 heterocycles. The Kier molecular flexibility index (Phi) is 6.56. The highest BCUT2D eigenvalue weighted by Crippen LogP contribution is 2.06. The minimum Gasteiger partial charge on any atom is -0.465 e. The van der Waals surface area contributed by atoms with Crippen molar-refractivity contribution in [3.05, 3.63) is 35.9 Å². The molecular formula is C15H21NO4. The molecule has 5 heteroatoms. The van der Waals surface area contributed by atoms with Crippen LogP contribution in [0.2, 0.25) is 0 Å². The standard InChI is InChI=1S/C15H21NO4/c1-4-19-14(17)10-16(12(2)3)15(18)20-11-13-8-6-5-7-9-13/h5-9,12H,4,10-11H2,1-3H3. The lowest BCUT2D eigenvalue weighted by Gasteiger charge is -2.24. The van der Waals surface area contributed by atoms with E-state index in [2.05, 4.69) is 0 Å². The van der Waals surface area contributed by atoms with Crippen LogP contribution in [0, 0.1) is 0 Å². The van der Waals surface area contributed by atoms with Gasteiger partial charge >= 0.3 is 12.1 Å². The van der Waals surface area contributed by atoms with Crippen molar-refractivity contribution in [1.29, 1.82) is 0 Å². The van der Waals surface area contributed by atoms with E-state index in [1.807, 2.05) is 44.2 Å². The smallest absolute Gasteiger partial charge is 0.410 e. The lowest BCUT2D eigenvalue weighted by Crippen LogP contribution is -2.41. The van der Waals surface area contributed by atoms with Crippen molar-refractivity contribution >= 4 is 12.1 Å². The van der Waals surface area contributed by atoms with Gasteiger partial charge in [-0.15, -0.1) is 0 Å². The number of nitrogens with zero attached hydrogens (tertiary/aromatic N) is 1. The summed E-state index contributed by atoms with van der Waals surface area (Å²) in [5.41, 5.74) is 0.903. The first-order valence-corrected chi connectivity index (χ1v) is 6.67. The first kappa shape index (κ1) is 16.0. The van der Waals surface area contributed by atoms with Crippen LogP contribution >= 0.6 is 0 Å². The first-order chi connectivity index (χ1) is 9.54. The second kappa shape index (κ2) is 8.19. The van der Waals surface area contributed by atoms with Crippen molar-refractivity contribution < 1.29 is 19.1 Å². The largest absolute Gasteiger partial charge is 0.465 e. The van der Waals surface area contributed by atoms with E-state index in [9.17, 15) is 9.59 Å². The molecule has 0 saturated heterocycles. The highest BCUT2D eigenvalue weighted by atomic mass is 16.6. The molecule has 0 aromatic heterocycles. The van der Waals surface area contributed by atoms with Gasteiger partial charge in [0.05, 0.1) is 6.61 Å². The summed E-state index contributed by atoms with van der Waals surface area (Å²) in [5.74, 6) is -0.433. The van der Waals surface area contributed by atoms with E-state index in [0.29, 0.717) is 6.61 Å². The van der Waals surface area contributed by atoms with Crippen LogP contribution in [-0.4, -0.2) is 36.2 Å². The van der Waals surface area contributed by atoms with E-state index in [-0.39, 0.29) is 19.2 Å². The Balaban J connectivity index is 2.54. The summed E-state index contributed by atoms with van der Waals surface area (Å²) >= 11 is 0. The molecule has 0 aliphatic carbocycles. The number of carbonyl (C=O) groups excluding carboxylic acids is 2. The van der Waals surface area contributed by atoms with Gasteiger partial charge < -0.3 is 9.47 Å². The van der Waals surface area contributed by atoms with Gasteiger partial charge in [-0.3, -0.25) is 9.69 Å². The Morgan fingerprint density at radius 1 is 1.15 bits per heavy atom. The van der Waals surface area contributed by atoms with E-state index in [1.165, 1.54) is 4.90 Å². The van der Waals surface area contributed by atoms with Gasteiger partial charge in [0.25, 0.3) is 0 Å². The Bertz CT molecular complexity index is 431. The molecule has 1 amide bonds. The van der Waals surface area contributed by atoms with E-state index < -0.39 is 12.1 Å². The second-order valence-electron chi connectivity index (χ2n) is 4.57. The third-order valence-corrected chi connectivity index (χ3v) is 2.67. The molecule has 0 aliphatic heterocycles. The fourth-order valence-corrected chi connectivity index (χ4v) is 1.61. The normalized spacial score (nSPS) is 10.2. The minimum atomic E-state index is -0.517. The van der Waals surface area contributed by atoms with E-state index in [4.69, 9.17) is 9.47 Å². The maximum absolute atomic E-state index is 12.0. The number of rotatable bonds is 6. The predicted octanol–water partition coefficient (Wildman–Crippen LogP) is 2.60. The predicted molar refractivity (Wildman–Crippen MR) is 75.1 cm³/mol. The van der Waals surface area contributed by atoms with Crippen molar-refractivity contribution in [2.75, 3.05) is 13.2 Å². The lowest BCUT2D eigenvalue weighted by atomic mass is 10.2. The molecule has 110 valence electrons. The summed E-state index contributed by atoms with van der Waals surface area (Å²) in [6.45, 7) is 5.76. The molecule has 0 aliphatic rings. The van der Waals surface area contributed by atoms with Crippen LogP contribution in [0.4, 0.5) is 4.79 Å². The maximum atomic E-state index is 12.0. The van der Waals surface area contributed by atoms with Gasteiger partial charge in [0, 0.05) is 6.04 Å². The van der Waals surface area contributed by atoms with Crippen LogP contribution in [0.15, 0.2) is 30.3 Å². The van der Waals surface area contributed by atoms with Gasteiger partial charge in [0.15, 0.2) is 0 Å². The van der Waals surface area contributed by atoms with E-state index in [0.717, 1.165) is 5.56 Å². The summed E-state index contributed by atoms with van der Waals surface area (Å²) in [7, 11) is 0. The molecule has 1 aromatic carbocycles. The third-order valence-electron chi connectivity index (χ3n) is 2.67. The Morgan fingerprint density at radius 3 is 2.35 bits per heavy atom. The molecule has 0 unspecified atom stereocenters. The summed E-state index contributed by atoms with van der Waals surface area (Å²) in [6, 6.07) is 9.26. The van der Waals surface area contributed by atoms with Crippen LogP contribution in [0.3, 0.4) is 0 Å². The zero-order chi connectivity index (χ0) is 15.0. The van der Waals surface area contributed by atoms with Crippen LogP contribution < -0.4 is 0 Å². The molecule has 1 rings (SSSR count). The van der Waals surface area contributed by atoms with Gasteiger partial charge in [-0.05, 0) is 26.3 Å². The third kappa shape index (κ3) is 5.30. The molecule has 5 nitrogen and oxygen atoms in total. The van der Waals surface area contributed by atoms with Crippen molar-refractivity contribution in [2.45, 2.75) is 33.4 Å². The first-order valence-electron chi connectivity index (χ1n) is 6.67. The van der Waals surface area contributed by atoms with Crippen LogP contribution in [-0.2, 0) is 20.9 Å². The zero-order valence-corrected chi connectivity index (χ0v) is 12.2. The molecular weight excluding hydrogens is 258 g/mol. The van der Waals surface area contributed by atoms with Crippen molar-refractivity contribution in [3.63, 3.8) is 0 Å². The van der Waals surface area contributed by atoms with E-state index in [1.54, 1.807) is 6.92 Å². The summed E-state index contributed by atoms with van der Waals surface area (Å²) < 4.78 is 10.1. The average Bonchev–Trinajstić information content (AvgIpc) is 2.43. The van der Waals surface area contributed by atoms with Crippen LogP contribution in [0.1, 0.15) is 26.3 Å². The highest BCUT2D eigenvalue weighted by Gasteiger charge is 2.22. The quantitative estimate of drug-likeness (QED) is 0.751. The molecule has 0 fully saturated rings. The Labute approximate surface area is 119 Å². The summed E-state index contributed by atoms with van der Waals surface area (Å²) in [5, 5.41) is 0. The fraction of sp³-hybridized carbons (Fsp3) is 0.467. The molecule has 0 radical (unpaired) electrons.